The minimum Gasteiger partial charge on any atom is -0.366 e. The number of anilines is 1. The summed E-state index contributed by atoms with van der Waals surface area (Å²) in [5, 5.41) is 8.32. The molecule has 44 heavy (non-hydrogen) atoms. The van der Waals surface area contributed by atoms with Gasteiger partial charge in [-0.1, -0.05) is 24.1 Å². The minimum atomic E-state index is -3.60. The molecule has 0 bridgehead atoms. The Morgan fingerprint density at radius 2 is 1.86 bits per heavy atom. The first-order valence-corrected chi connectivity index (χ1v) is 17.4. The van der Waals surface area contributed by atoms with Crippen LogP contribution in [-0.4, -0.2) is 95.4 Å². The molecule has 3 aromatic heterocycles. The zero-order valence-electron chi connectivity index (χ0n) is 25.6. The molecule has 2 fully saturated rings. The maximum Gasteiger partial charge on any atom is 0.256 e. The van der Waals surface area contributed by atoms with E-state index in [1.165, 1.54) is 17.7 Å². The highest BCUT2D eigenvalue weighted by atomic mass is 32.2. The number of hydrogen-bond acceptors (Lipinski definition) is 10. The molecule has 1 saturated carbocycles. The molecule has 0 unspecified atom stereocenters. The molecule has 1 atom stereocenters. The maximum atomic E-state index is 13.4. The average molecular weight is 638 g/mol. The van der Waals surface area contributed by atoms with Crippen molar-refractivity contribution >= 4 is 44.0 Å². The summed E-state index contributed by atoms with van der Waals surface area (Å²) in [6.45, 7) is 8.68. The molecule has 11 nitrogen and oxygen atoms in total. The van der Waals surface area contributed by atoms with Gasteiger partial charge in [0.2, 0.25) is 0 Å². The molecule has 4 aromatic rings. The fourth-order valence-electron chi connectivity index (χ4n) is 6.19. The SMILES string of the molecule is Cc1noc(-c2ccc(S(=O)(=O)N3CCN(C[C@H](C)Nc4ncnc5c(C(=O)N(C)C6CCCC6)cccc45)CC3)s2)c1C. The number of nitrogens with zero attached hydrogens (tertiary/aromatic N) is 6. The Balaban J connectivity index is 1.08. The summed E-state index contributed by atoms with van der Waals surface area (Å²) in [6, 6.07) is 9.44. The number of benzene rings is 1. The number of nitrogens with one attached hydrogen (secondary N) is 1. The highest BCUT2D eigenvalue weighted by Crippen LogP contribution is 2.35. The molecule has 1 amide bonds. The summed E-state index contributed by atoms with van der Waals surface area (Å²) >= 11 is 1.22. The number of hydrogen-bond donors (Lipinski definition) is 1. The molecule has 4 heterocycles. The molecular formula is C31H39N7O4S2. The normalized spacial score (nSPS) is 17.7. The van der Waals surface area contributed by atoms with E-state index in [9.17, 15) is 13.2 Å². The van der Waals surface area contributed by atoms with Crippen LogP contribution in [0.4, 0.5) is 5.82 Å². The molecule has 13 heteroatoms. The van der Waals surface area contributed by atoms with Gasteiger partial charge in [-0.15, -0.1) is 11.3 Å². The Morgan fingerprint density at radius 1 is 1.11 bits per heavy atom. The second-order valence-corrected chi connectivity index (χ2v) is 15.1. The van der Waals surface area contributed by atoms with Crippen molar-refractivity contribution in [2.45, 2.75) is 62.7 Å². The molecule has 6 rings (SSSR count). The average Bonchev–Trinajstić information content (AvgIpc) is 3.80. The largest absolute Gasteiger partial charge is 0.366 e. The van der Waals surface area contributed by atoms with Crippen LogP contribution in [0.2, 0.25) is 0 Å². The number of para-hydroxylation sites is 1. The molecule has 234 valence electrons. The predicted molar refractivity (Wildman–Crippen MR) is 171 cm³/mol. The third-order valence-electron chi connectivity index (χ3n) is 8.89. The van der Waals surface area contributed by atoms with Crippen LogP contribution in [0.15, 0.2) is 45.4 Å². The topological polar surface area (TPSA) is 125 Å². The van der Waals surface area contributed by atoms with Gasteiger partial charge in [0.05, 0.1) is 21.7 Å². The number of sulfonamides is 1. The van der Waals surface area contributed by atoms with E-state index in [0.717, 1.165) is 53.7 Å². The number of carbonyl (C=O) groups is 1. The van der Waals surface area contributed by atoms with Gasteiger partial charge in [-0.3, -0.25) is 9.69 Å². The van der Waals surface area contributed by atoms with E-state index in [1.54, 1.807) is 16.4 Å². The van der Waals surface area contributed by atoms with Crippen LogP contribution in [0.3, 0.4) is 0 Å². The van der Waals surface area contributed by atoms with E-state index in [4.69, 9.17) is 4.52 Å². The molecule has 1 N–H and O–H groups in total. The third-order valence-corrected chi connectivity index (χ3v) is 12.3. The summed E-state index contributed by atoms with van der Waals surface area (Å²) < 4.78 is 34.2. The van der Waals surface area contributed by atoms with Crippen LogP contribution in [0.1, 0.15) is 54.2 Å². The summed E-state index contributed by atoms with van der Waals surface area (Å²) in [4.78, 5) is 27.3. The number of aryl methyl sites for hydroxylation is 1. The smallest absolute Gasteiger partial charge is 0.256 e. The van der Waals surface area contributed by atoms with Crippen molar-refractivity contribution in [1.29, 1.82) is 0 Å². The third kappa shape index (κ3) is 5.97. The number of piperazine rings is 1. The molecular weight excluding hydrogens is 599 g/mol. The van der Waals surface area contributed by atoms with Crippen molar-refractivity contribution in [3.63, 3.8) is 0 Å². The number of amides is 1. The zero-order valence-corrected chi connectivity index (χ0v) is 27.2. The second-order valence-electron chi connectivity index (χ2n) is 11.9. The van der Waals surface area contributed by atoms with Crippen LogP contribution in [0.5, 0.6) is 0 Å². The van der Waals surface area contributed by atoms with Gasteiger partial charge >= 0.3 is 0 Å². The van der Waals surface area contributed by atoms with Crippen LogP contribution < -0.4 is 5.32 Å². The standard InChI is InChI=1S/C31H39N7O4S2/c1-20(34-30-24-10-7-11-25(28(24)32-19-33-30)31(39)36(4)23-8-5-6-9-23)18-37-14-16-38(17-15-37)44(40,41)27-13-12-26(43-27)29-21(2)22(3)35-42-29/h7,10-13,19-20,23H,5-6,8-9,14-18H2,1-4H3,(H,32,33,34)/t20-/m0/s1. The first-order chi connectivity index (χ1) is 21.1. The lowest BCUT2D eigenvalue weighted by molar-refractivity contribution is 0.0737. The van der Waals surface area contributed by atoms with E-state index in [0.29, 0.717) is 53.0 Å². The van der Waals surface area contributed by atoms with Gasteiger partial charge in [0.1, 0.15) is 16.4 Å². The molecule has 1 aliphatic carbocycles. The van der Waals surface area contributed by atoms with Gasteiger partial charge in [-0.05, 0) is 57.9 Å². The lowest BCUT2D eigenvalue weighted by atomic mass is 10.1. The maximum absolute atomic E-state index is 13.4. The lowest BCUT2D eigenvalue weighted by Crippen LogP contribution is -2.50. The minimum absolute atomic E-state index is 0.00465. The van der Waals surface area contributed by atoms with Crippen molar-refractivity contribution in [2.24, 2.45) is 0 Å². The van der Waals surface area contributed by atoms with E-state index in [1.807, 2.05) is 44.0 Å². The van der Waals surface area contributed by atoms with Gasteiger partial charge in [-0.2, -0.15) is 4.31 Å². The van der Waals surface area contributed by atoms with Crippen LogP contribution in [-0.2, 0) is 10.0 Å². The lowest BCUT2D eigenvalue weighted by Gasteiger charge is -2.35. The predicted octanol–water partition coefficient (Wildman–Crippen LogP) is 4.78. The van der Waals surface area contributed by atoms with Crippen molar-refractivity contribution in [1.82, 2.24) is 29.2 Å². The van der Waals surface area contributed by atoms with Crippen LogP contribution >= 0.6 is 11.3 Å². The number of rotatable bonds is 9. The van der Waals surface area contributed by atoms with Crippen LogP contribution in [0, 0.1) is 13.8 Å². The molecule has 0 radical (unpaired) electrons. The molecule has 1 aromatic carbocycles. The quantitative estimate of drug-likeness (QED) is 0.276. The molecule has 0 spiro atoms. The van der Waals surface area contributed by atoms with Gasteiger partial charge in [0.15, 0.2) is 5.76 Å². The fraction of sp³-hybridized carbons (Fsp3) is 0.484. The van der Waals surface area contributed by atoms with E-state index in [-0.39, 0.29) is 18.0 Å². The van der Waals surface area contributed by atoms with Crippen molar-refractivity contribution < 1.29 is 17.7 Å². The number of aromatic nitrogens is 3. The number of carbonyl (C=O) groups excluding carboxylic acids is 1. The van der Waals surface area contributed by atoms with Crippen molar-refractivity contribution in [3.05, 3.63) is 53.5 Å². The number of fused-ring (bicyclic) bond motifs is 1. The molecule has 1 saturated heterocycles. The second kappa shape index (κ2) is 12.5. The zero-order chi connectivity index (χ0) is 31.0. The molecule has 2 aliphatic rings. The van der Waals surface area contributed by atoms with Gasteiger partial charge in [0.25, 0.3) is 15.9 Å². The Morgan fingerprint density at radius 3 is 2.57 bits per heavy atom. The van der Waals surface area contributed by atoms with Gasteiger partial charge in [0, 0.05) is 62.8 Å². The van der Waals surface area contributed by atoms with E-state index in [2.05, 4.69) is 32.3 Å². The summed E-state index contributed by atoms with van der Waals surface area (Å²) in [7, 11) is -1.71. The first kappa shape index (κ1) is 30.6. The highest BCUT2D eigenvalue weighted by molar-refractivity contribution is 7.91. The fourth-order valence-corrected chi connectivity index (χ4v) is 9.11. The first-order valence-electron chi connectivity index (χ1n) is 15.2. The monoisotopic (exact) mass is 637 g/mol. The summed E-state index contributed by atoms with van der Waals surface area (Å²) in [5.41, 5.74) is 2.96. The summed E-state index contributed by atoms with van der Waals surface area (Å²) in [5.74, 6) is 1.30. The summed E-state index contributed by atoms with van der Waals surface area (Å²) in [6.07, 6.45) is 5.93. The van der Waals surface area contributed by atoms with E-state index >= 15 is 0 Å². The Hall–Kier alpha value is -3.39. The van der Waals surface area contributed by atoms with Gasteiger partial charge in [-0.25, -0.2) is 18.4 Å². The van der Waals surface area contributed by atoms with Crippen molar-refractivity contribution in [3.8, 4) is 10.6 Å². The Labute approximate surface area is 262 Å². The van der Waals surface area contributed by atoms with Crippen molar-refractivity contribution in [2.75, 3.05) is 45.1 Å². The Bertz CT molecular complexity index is 1760. The highest BCUT2D eigenvalue weighted by Gasteiger charge is 2.31. The molecule has 1 aliphatic heterocycles. The van der Waals surface area contributed by atoms with Gasteiger partial charge < -0.3 is 14.7 Å². The number of thiophene rings is 1. The Kier molecular flexibility index (Phi) is 8.73. The van der Waals surface area contributed by atoms with E-state index < -0.39 is 10.0 Å². The van der Waals surface area contributed by atoms with Crippen LogP contribution in [0.25, 0.3) is 21.5 Å².